The van der Waals surface area contributed by atoms with Crippen molar-refractivity contribution in [3.63, 3.8) is 0 Å². The van der Waals surface area contributed by atoms with Crippen LogP contribution in [0.25, 0.3) is 11.4 Å². The SMILES string of the molecule is CN(C(=O)CSc1nnc(-c2ccncc2)n1C)[C@@H]1CCS(=O)(=O)C1. The molecule has 1 saturated heterocycles. The molecule has 0 radical (unpaired) electrons. The van der Waals surface area contributed by atoms with E-state index in [1.807, 2.05) is 23.7 Å². The van der Waals surface area contributed by atoms with Crippen molar-refractivity contribution in [2.45, 2.75) is 17.6 Å². The summed E-state index contributed by atoms with van der Waals surface area (Å²) in [6.45, 7) is 0. The van der Waals surface area contributed by atoms with Crippen LogP contribution in [0.5, 0.6) is 0 Å². The maximum absolute atomic E-state index is 12.3. The number of hydrogen-bond donors (Lipinski definition) is 0. The molecular weight excluding hydrogens is 362 g/mol. The molecule has 1 atom stereocenters. The van der Waals surface area contributed by atoms with Crippen LogP contribution in [-0.4, -0.2) is 69.3 Å². The van der Waals surface area contributed by atoms with Crippen molar-refractivity contribution in [2.24, 2.45) is 7.05 Å². The van der Waals surface area contributed by atoms with Crippen LogP contribution in [0.1, 0.15) is 6.42 Å². The Bertz CT molecular complexity index is 867. The van der Waals surface area contributed by atoms with E-state index in [0.717, 1.165) is 5.56 Å². The van der Waals surface area contributed by atoms with E-state index < -0.39 is 9.84 Å². The molecule has 1 aliphatic heterocycles. The summed E-state index contributed by atoms with van der Waals surface area (Å²) in [6, 6.07) is 3.46. The molecule has 3 rings (SSSR count). The molecule has 0 aliphatic carbocycles. The van der Waals surface area contributed by atoms with Gasteiger partial charge in [0.2, 0.25) is 5.91 Å². The van der Waals surface area contributed by atoms with Gasteiger partial charge in [0.1, 0.15) is 0 Å². The highest BCUT2D eigenvalue weighted by molar-refractivity contribution is 7.99. The van der Waals surface area contributed by atoms with Gasteiger partial charge in [-0.25, -0.2) is 8.42 Å². The zero-order valence-electron chi connectivity index (χ0n) is 14.0. The fourth-order valence-electron chi connectivity index (χ4n) is 2.71. The third-order valence-electron chi connectivity index (χ3n) is 4.25. The number of hydrogen-bond acceptors (Lipinski definition) is 7. The highest BCUT2D eigenvalue weighted by Crippen LogP contribution is 2.23. The Morgan fingerprint density at radius 2 is 2.08 bits per heavy atom. The first kappa shape index (κ1) is 17.9. The Morgan fingerprint density at radius 3 is 2.72 bits per heavy atom. The van der Waals surface area contributed by atoms with Gasteiger partial charge in [0.05, 0.1) is 17.3 Å². The minimum atomic E-state index is -3.01. The number of nitrogens with zero attached hydrogens (tertiary/aromatic N) is 5. The van der Waals surface area contributed by atoms with Crippen molar-refractivity contribution in [2.75, 3.05) is 24.3 Å². The second kappa shape index (κ2) is 7.12. The molecule has 0 bridgehead atoms. The Kier molecular flexibility index (Phi) is 5.09. The van der Waals surface area contributed by atoms with Gasteiger partial charge in [0, 0.05) is 38.1 Å². The van der Waals surface area contributed by atoms with Crippen LogP contribution in [0.15, 0.2) is 29.7 Å². The van der Waals surface area contributed by atoms with Crippen molar-refractivity contribution < 1.29 is 13.2 Å². The predicted octanol–water partition coefficient (Wildman–Crippen LogP) is 0.615. The van der Waals surface area contributed by atoms with Crippen molar-refractivity contribution in [1.82, 2.24) is 24.6 Å². The zero-order chi connectivity index (χ0) is 18.0. The molecule has 0 spiro atoms. The van der Waals surface area contributed by atoms with Gasteiger partial charge < -0.3 is 9.47 Å². The number of sulfone groups is 1. The normalized spacial score (nSPS) is 19.0. The first-order valence-electron chi connectivity index (χ1n) is 7.76. The van der Waals surface area contributed by atoms with E-state index in [1.54, 1.807) is 19.4 Å². The van der Waals surface area contributed by atoms with Crippen LogP contribution in [0.2, 0.25) is 0 Å². The Hall–Kier alpha value is -1.94. The fourth-order valence-corrected chi connectivity index (χ4v) is 5.31. The monoisotopic (exact) mass is 381 g/mol. The van der Waals surface area contributed by atoms with Crippen LogP contribution >= 0.6 is 11.8 Å². The largest absolute Gasteiger partial charge is 0.341 e. The summed E-state index contributed by atoms with van der Waals surface area (Å²) in [5.41, 5.74) is 0.899. The molecule has 0 unspecified atom stereocenters. The summed E-state index contributed by atoms with van der Waals surface area (Å²) in [4.78, 5) is 17.9. The van der Waals surface area contributed by atoms with E-state index in [0.29, 0.717) is 17.4 Å². The molecule has 3 heterocycles. The van der Waals surface area contributed by atoms with Gasteiger partial charge in [0.25, 0.3) is 0 Å². The lowest BCUT2D eigenvalue weighted by molar-refractivity contribution is -0.128. The minimum Gasteiger partial charge on any atom is -0.341 e. The van der Waals surface area contributed by atoms with Gasteiger partial charge in [-0.05, 0) is 18.6 Å². The molecule has 2 aromatic rings. The molecule has 1 fully saturated rings. The Morgan fingerprint density at radius 1 is 1.36 bits per heavy atom. The Labute approximate surface area is 150 Å². The summed E-state index contributed by atoms with van der Waals surface area (Å²) in [7, 11) is 0.496. The van der Waals surface area contributed by atoms with Crippen LogP contribution in [0.3, 0.4) is 0 Å². The smallest absolute Gasteiger partial charge is 0.233 e. The fraction of sp³-hybridized carbons (Fsp3) is 0.467. The van der Waals surface area contributed by atoms with Gasteiger partial charge in [-0.3, -0.25) is 9.78 Å². The Balaban J connectivity index is 1.62. The molecule has 10 heteroatoms. The third-order valence-corrected chi connectivity index (χ3v) is 7.00. The van der Waals surface area contributed by atoms with Gasteiger partial charge in [-0.1, -0.05) is 11.8 Å². The van der Waals surface area contributed by atoms with E-state index in [9.17, 15) is 13.2 Å². The van der Waals surface area contributed by atoms with Gasteiger partial charge in [-0.15, -0.1) is 10.2 Å². The maximum atomic E-state index is 12.3. The zero-order valence-corrected chi connectivity index (χ0v) is 15.6. The first-order valence-corrected chi connectivity index (χ1v) is 10.6. The lowest BCUT2D eigenvalue weighted by Gasteiger charge is -2.23. The van der Waals surface area contributed by atoms with Crippen LogP contribution in [0.4, 0.5) is 0 Å². The minimum absolute atomic E-state index is 0.0516. The summed E-state index contributed by atoms with van der Waals surface area (Å²) in [5.74, 6) is 0.986. The van der Waals surface area contributed by atoms with E-state index >= 15 is 0 Å². The van der Waals surface area contributed by atoms with Gasteiger partial charge >= 0.3 is 0 Å². The molecule has 134 valence electrons. The van der Waals surface area contributed by atoms with E-state index in [-0.39, 0.29) is 29.2 Å². The summed E-state index contributed by atoms with van der Waals surface area (Å²) in [5, 5.41) is 8.93. The molecule has 0 N–H and O–H groups in total. The van der Waals surface area contributed by atoms with E-state index in [2.05, 4.69) is 15.2 Å². The highest BCUT2D eigenvalue weighted by atomic mass is 32.2. The number of amides is 1. The summed E-state index contributed by atoms with van der Waals surface area (Å²) in [6.07, 6.45) is 3.88. The van der Waals surface area contributed by atoms with Crippen molar-refractivity contribution in [3.05, 3.63) is 24.5 Å². The predicted molar refractivity (Wildman–Crippen MR) is 94.8 cm³/mol. The second-order valence-corrected chi connectivity index (χ2v) is 9.12. The van der Waals surface area contributed by atoms with Crippen molar-refractivity contribution in [1.29, 1.82) is 0 Å². The third kappa shape index (κ3) is 4.01. The number of carbonyl (C=O) groups excluding carboxylic acids is 1. The number of thioether (sulfide) groups is 1. The van der Waals surface area contributed by atoms with Gasteiger partial charge in [-0.2, -0.15) is 0 Å². The van der Waals surface area contributed by atoms with E-state index in [4.69, 9.17) is 0 Å². The lowest BCUT2D eigenvalue weighted by Crippen LogP contribution is -2.38. The molecule has 0 saturated carbocycles. The van der Waals surface area contributed by atoms with Gasteiger partial charge in [0.15, 0.2) is 20.8 Å². The number of carbonyl (C=O) groups is 1. The topological polar surface area (TPSA) is 98.1 Å². The lowest BCUT2D eigenvalue weighted by atomic mass is 10.2. The average Bonchev–Trinajstić information content (AvgIpc) is 3.15. The standard InChI is InChI=1S/C15H19N5O3S2/c1-19(12-5-8-25(22,23)10-12)13(21)9-24-15-18-17-14(20(15)2)11-3-6-16-7-4-11/h3-4,6-7,12H,5,8-10H2,1-2H3/t12-/m1/s1. The summed E-state index contributed by atoms with van der Waals surface area (Å²) >= 11 is 1.29. The highest BCUT2D eigenvalue weighted by Gasteiger charge is 2.32. The quantitative estimate of drug-likeness (QED) is 0.700. The summed E-state index contributed by atoms with van der Waals surface area (Å²) < 4.78 is 24.9. The van der Waals surface area contributed by atoms with Crippen LogP contribution in [-0.2, 0) is 21.7 Å². The molecule has 1 amide bonds. The number of pyridine rings is 1. The molecule has 2 aromatic heterocycles. The second-order valence-electron chi connectivity index (χ2n) is 5.95. The van der Waals surface area contributed by atoms with Crippen molar-refractivity contribution in [3.8, 4) is 11.4 Å². The molecule has 0 aromatic carbocycles. The van der Waals surface area contributed by atoms with Crippen LogP contribution in [0, 0.1) is 0 Å². The van der Waals surface area contributed by atoms with Crippen molar-refractivity contribution >= 4 is 27.5 Å². The number of rotatable bonds is 5. The van der Waals surface area contributed by atoms with E-state index in [1.165, 1.54) is 16.7 Å². The maximum Gasteiger partial charge on any atom is 0.233 e. The first-order chi connectivity index (χ1) is 11.9. The average molecular weight is 381 g/mol. The molecular formula is C15H19N5O3S2. The molecule has 8 nitrogen and oxygen atoms in total. The van der Waals surface area contributed by atoms with Crippen LogP contribution < -0.4 is 0 Å². The molecule has 25 heavy (non-hydrogen) atoms. The number of aromatic nitrogens is 4. The molecule has 1 aliphatic rings.